The second-order valence-electron chi connectivity index (χ2n) is 4.96. The molecule has 0 bridgehead atoms. The predicted molar refractivity (Wildman–Crippen MR) is 69.8 cm³/mol. The number of ether oxygens (including phenoxy) is 1. The number of unbranched alkanes of at least 4 members (excludes halogenated alkanes) is 2. The highest BCUT2D eigenvalue weighted by Gasteiger charge is 2.23. The van der Waals surface area contributed by atoms with Crippen LogP contribution in [-0.4, -0.2) is 25.3 Å². The molecule has 0 aromatic heterocycles. The van der Waals surface area contributed by atoms with E-state index in [4.69, 9.17) is 4.74 Å². The van der Waals surface area contributed by atoms with Gasteiger partial charge in [-0.15, -0.1) is 0 Å². The van der Waals surface area contributed by atoms with E-state index in [0.29, 0.717) is 12.1 Å². The van der Waals surface area contributed by atoms with Gasteiger partial charge in [-0.3, -0.25) is 0 Å². The second-order valence-corrected chi connectivity index (χ2v) is 4.96. The maximum Gasteiger partial charge on any atom is 0.0728 e. The molecule has 0 aliphatic carbocycles. The highest BCUT2D eigenvalue weighted by molar-refractivity contribution is 4.79. The minimum Gasteiger partial charge on any atom is -0.377 e. The lowest BCUT2D eigenvalue weighted by Gasteiger charge is -2.31. The Hall–Kier alpha value is -0.0800. The quantitative estimate of drug-likeness (QED) is 0.641. The maximum absolute atomic E-state index is 5.91. The summed E-state index contributed by atoms with van der Waals surface area (Å²) in [6.45, 7) is 6.61. The summed E-state index contributed by atoms with van der Waals surface area (Å²) in [5.41, 5.74) is 0. The van der Waals surface area contributed by atoms with E-state index in [-0.39, 0.29) is 0 Å². The Bertz CT molecular complexity index is 155. The van der Waals surface area contributed by atoms with Crippen LogP contribution in [-0.2, 0) is 4.74 Å². The zero-order valence-electron chi connectivity index (χ0n) is 11.1. The van der Waals surface area contributed by atoms with E-state index in [1.807, 2.05) is 0 Å². The lowest BCUT2D eigenvalue weighted by Crippen LogP contribution is -2.43. The summed E-state index contributed by atoms with van der Waals surface area (Å²) >= 11 is 0. The van der Waals surface area contributed by atoms with Gasteiger partial charge in [0.1, 0.15) is 0 Å². The summed E-state index contributed by atoms with van der Waals surface area (Å²) in [5, 5.41) is 3.67. The topological polar surface area (TPSA) is 21.3 Å². The summed E-state index contributed by atoms with van der Waals surface area (Å²) in [5.74, 6) is 0. The van der Waals surface area contributed by atoms with Crippen molar-refractivity contribution in [1.29, 1.82) is 0 Å². The van der Waals surface area contributed by atoms with Crippen LogP contribution >= 0.6 is 0 Å². The van der Waals surface area contributed by atoms with E-state index in [9.17, 15) is 0 Å². The van der Waals surface area contributed by atoms with E-state index in [1.165, 1.54) is 51.4 Å². The van der Waals surface area contributed by atoms with Gasteiger partial charge in [-0.05, 0) is 38.6 Å². The summed E-state index contributed by atoms with van der Waals surface area (Å²) in [6.07, 6.45) is 10.9. The normalized spacial score (nSPS) is 23.2. The number of rotatable bonds is 8. The molecule has 1 saturated heterocycles. The van der Waals surface area contributed by atoms with Crippen LogP contribution in [0.5, 0.6) is 0 Å². The van der Waals surface area contributed by atoms with Gasteiger partial charge in [0.15, 0.2) is 0 Å². The van der Waals surface area contributed by atoms with Gasteiger partial charge in [0, 0.05) is 12.6 Å². The molecule has 1 rings (SSSR count). The van der Waals surface area contributed by atoms with Crippen molar-refractivity contribution >= 4 is 0 Å². The van der Waals surface area contributed by atoms with E-state index in [2.05, 4.69) is 19.2 Å². The highest BCUT2D eigenvalue weighted by Crippen LogP contribution is 2.19. The molecule has 16 heavy (non-hydrogen) atoms. The highest BCUT2D eigenvalue weighted by atomic mass is 16.5. The minimum atomic E-state index is 0.483. The van der Waals surface area contributed by atoms with E-state index in [1.54, 1.807) is 0 Å². The molecule has 0 aromatic carbocycles. The zero-order valence-corrected chi connectivity index (χ0v) is 11.1. The average molecular weight is 227 g/mol. The van der Waals surface area contributed by atoms with Gasteiger partial charge in [-0.2, -0.15) is 0 Å². The summed E-state index contributed by atoms with van der Waals surface area (Å²) in [4.78, 5) is 0. The van der Waals surface area contributed by atoms with Gasteiger partial charge in [-0.25, -0.2) is 0 Å². The van der Waals surface area contributed by atoms with Crippen LogP contribution in [0.1, 0.15) is 65.2 Å². The third-order valence-corrected chi connectivity index (χ3v) is 3.44. The van der Waals surface area contributed by atoms with Crippen LogP contribution in [0.15, 0.2) is 0 Å². The Kier molecular flexibility index (Phi) is 7.87. The lowest BCUT2D eigenvalue weighted by molar-refractivity contribution is -0.00969. The fourth-order valence-corrected chi connectivity index (χ4v) is 2.45. The Morgan fingerprint density at radius 2 is 2.06 bits per heavy atom. The molecule has 2 nitrogen and oxygen atoms in total. The molecule has 0 saturated carbocycles. The fraction of sp³-hybridized carbons (Fsp3) is 1.00. The van der Waals surface area contributed by atoms with Gasteiger partial charge in [0.2, 0.25) is 0 Å². The van der Waals surface area contributed by atoms with Crippen molar-refractivity contribution in [2.75, 3.05) is 13.2 Å². The van der Waals surface area contributed by atoms with Crippen molar-refractivity contribution in [3.8, 4) is 0 Å². The Morgan fingerprint density at radius 1 is 1.19 bits per heavy atom. The standard InChI is InChI=1S/C14H29NO/c1-3-5-6-9-13(15-11-4-2)14-10-7-8-12-16-14/h13-15H,3-12H2,1-2H3. The van der Waals surface area contributed by atoms with Gasteiger partial charge in [0.25, 0.3) is 0 Å². The number of nitrogens with one attached hydrogen (secondary N) is 1. The van der Waals surface area contributed by atoms with Crippen LogP contribution in [0.25, 0.3) is 0 Å². The first kappa shape index (κ1) is 14.0. The molecule has 1 aliphatic rings. The average Bonchev–Trinajstić information content (AvgIpc) is 2.35. The Balaban J connectivity index is 2.28. The largest absolute Gasteiger partial charge is 0.377 e. The van der Waals surface area contributed by atoms with E-state index >= 15 is 0 Å². The first-order valence-corrected chi connectivity index (χ1v) is 7.23. The summed E-state index contributed by atoms with van der Waals surface area (Å²) < 4.78 is 5.91. The third-order valence-electron chi connectivity index (χ3n) is 3.44. The van der Waals surface area contributed by atoms with Crippen LogP contribution in [0, 0.1) is 0 Å². The molecule has 0 aromatic rings. The monoisotopic (exact) mass is 227 g/mol. The second kappa shape index (κ2) is 9.00. The molecule has 0 amide bonds. The molecule has 0 radical (unpaired) electrons. The zero-order chi connectivity index (χ0) is 11.6. The molecule has 1 heterocycles. The first-order chi connectivity index (χ1) is 7.88. The molecule has 1 N–H and O–H groups in total. The predicted octanol–water partition coefficient (Wildman–Crippen LogP) is 3.50. The smallest absolute Gasteiger partial charge is 0.0728 e. The van der Waals surface area contributed by atoms with E-state index < -0.39 is 0 Å². The van der Waals surface area contributed by atoms with Crippen molar-refractivity contribution in [3.63, 3.8) is 0 Å². The van der Waals surface area contributed by atoms with Crippen LogP contribution < -0.4 is 5.32 Å². The van der Waals surface area contributed by atoms with Crippen molar-refractivity contribution < 1.29 is 4.74 Å². The lowest BCUT2D eigenvalue weighted by atomic mass is 9.97. The maximum atomic E-state index is 5.91. The SMILES string of the molecule is CCCCCC(NCCC)C1CCCCO1. The summed E-state index contributed by atoms with van der Waals surface area (Å²) in [6, 6.07) is 0.604. The van der Waals surface area contributed by atoms with Crippen LogP contribution in [0.3, 0.4) is 0 Å². The molecule has 96 valence electrons. The van der Waals surface area contributed by atoms with Crippen molar-refractivity contribution in [2.45, 2.75) is 77.4 Å². The van der Waals surface area contributed by atoms with Gasteiger partial charge in [0.05, 0.1) is 6.10 Å². The molecule has 2 unspecified atom stereocenters. The minimum absolute atomic E-state index is 0.483. The van der Waals surface area contributed by atoms with Crippen molar-refractivity contribution in [3.05, 3.63) is 0 Å². The number of hydrogen-bond donors (Lipinski definition) is 1. The molecule has 2 atom stereocenters. The van der Waals surface area contributed by atoms with Crippen molar-refractivity contribution in [2.24, 2.45) is 0 Å². The fourth-order valence-electron chi connectivity index (χ4n) is 2.45. The number of hydrogen-bond acceptors (Lipinski definition) is 2. The molecule has 1 aliphatic heterocycles. The van der Waals surface area contributed by atoms with E-state index in [0.717, 1.165) is 13.2 Å². The van der Waals surface area contributed by atoms with Gasteiger partial charge >= 0.3 is 0 Å². The van der Waals surface area contributed by atoms with Crippen LogP contribution in [0.4, 0.5) is 0 Å². The molecule has 2 heteroatoms. The van der Waals surface area contributed by atoms with Crippen LogP contribution in [0.2, 0.25) is 0 Å². The molecular weight excluding hydrogens is 198 g/mol. The molecule has 0 spiro atoms. The Labute approximate surface area is 101 Å². The molecule has 1 fully saturated rings. The summed E-state index contributed by atoms with van der Waals surface area (Å²) in [7, 11) is 0. The van der Waals surface area contributed by atoms with Crippen molar-refractivity contribution in [1.82, 2.24) is 5.32 Å². The third kappa shape index (κ3) is 5.31. The van der Waals surface area contributed by atoms with Gasteiger partial charge in [-0.1, -0.05) is 33.1 Å². The molecular formula is C14H29NO. The Morgan fingerprint density at radius 3 is 2.69 bits per heavy atom. The van der Waals surface area contributed by atoms with Gasteiger partial charge < -0.3 is 10.1 Å². The first-order valence-electron chi connectivity index (χ1n) is 7.23.